The van der Waals surface area contributed by atoms with Crippen molar-refractivity contribution in [2.45, 2.75) is 38.3 Å². The third-order valence-electron chi connectivity index (χ3n) is 6.31. The van der Waals surface area contributed by atoms with Gasteiger partial charge >= 0.3 is 11.9 Å². The molecule has 0 spiro atoms. The lowest BCUT2D eigenvalue weighted by atomic mass is 10.0. The fraction of sp³-hybridized carbons (Fsp3) is 0.500. The molecule has 3 aliphatic heterocycles. The van der Waals surface area contributed by atoms with Gasteiger partial charge in [-0.2, -0.15) is 0 Å². The van der Waals surface area contributed by atoms with Crippen molar-refractivity contribution in [1.82, 2.24) is 14.7 Å². The summed E-state index contributed by atoms with van der Waals surface area (Å²) in [6.45, 7) is 3.76. The number of benzene rings is 1. The summed E-state index contributed by atoms with van der Waals surface area (Å²) in [5, 5.41) is 0. The normalized spacial score (nSPS) is 25.0. The molecule has 0 aromatic heterocycles. The molecular weight excluding hydrogens is 382 g/mol. The van der Waals surface area contributed by atoms with Gasteiger partial charge in [-0.15, -0.1) is 0 Å². The molecule has 0 radical (unpaired) electrons. The number of urea groups is 1. The van der Waals surface area contributed by atoms with Crippen LogP contribution in [0.5, 0.6) is 0 Å². The third kappa shape index (κ3) is 3.56. The van der Waals surface area contributed by atoms with Gasteiger partial charge < -0.3 is 0 Å². The van der Waals surface area contributed by atoms with Crippen LogP contribution in [0, 0.1) is 0 Å². The van der Waals surface area contributed by atoms with E-state index in [9.17, 15) is 14.4 Å². The maximum atomic E-state index is 13.0. The molecule has 2 fully saturated rings. The first-order valence-corrected chi connectivity index (χ1v) is 10.5. The Hall–Kier alpha value is -2.87. The van der Waals surface area contributed by atoms with Crippen LogP contribution in [-0.4, -0.2) is 94.5 Å². The molecule has 2 unspecified atom stereocenters. The number of amidine groups is 2. The second-order valence-electron chi connectivity index (χ2n) is 8.26. The zero-order valence-electron chi connectivity index (χ0n) is 17.7. The summed E-state index contributed by atoms with van der Waals surface area (Å²) in [6, 6.07) is 8.32. The quantitative estimate of drug-likeness (QED) is 0.544. The minimum atomic E-state index is -0.750. The van der Waals surface area contributed by atoms with Crippen molar-refractivity contribution in [3.63, 3.8) is 0 Å². The lowest BCUT2D eigenvalue weighted by Gasteiger charge is -2.32. The van der Waals surface area contributed by atoms with E-state index in [0.29, 0.717) is 29.8 Å². The zero-order valence-corrected chi connectivity index (χ0v) is 17.7. The van der Waals surface area contributed by atoms with Crippen LogP contribution in [0.2, 0.25) is 0 Å². The molecule has 8 nitrogen and oxygen atoms in total. The molecule has 0 bridgehead atoms. The van der Waals surface area contributed by atoms with Gasteiger partial charge in [0.05, 0.1) is 0 Å². The largest absolute Gasteiger partial charge is 0.333 e. The number of fused-ring (bicyclic) bond motifs is 1. The Morgan fingerprint density at radius 1 is 1.13 bits per heavy atom. The van der Waals surface area contributed by atoms with Gasteiger partial charge in [0.1, 0.15) is 13.1 Å². The summed E-state index contributed by atoms with van der Waals surface area (Å²) < 4.78 is 1.79. The summed E-state index contributed by atoms with van der Waals surface area (Å²) in [6.07, 6.45) is 3.46. The predicted molar refractivity (Wildman–Crippen MR) is 113 cm³/mol. The van der Waals surface area contributed by atoms with Crippen molar-refractivity contribution < 1.29 is 19.0 Å². The Kier molecular flexibility index (Phi) is 5.51. The van der Waals surface area contributed by atoms with Gasteiger partial charge in [-0.1, -0.05) is 36.8 Å². The highest BCUT2D eigenvalue weighted by molar-refractivity contribution is 6.23. The first-order chi connectivity index (χ1) is 14.4. The maximum Gasteiger partial charge on any atom is 0.333 e. The number of ketones is 1. The van der Waals surface area contributed by atoms with E-state index in [1.807, 2.05) is 18.2 Å². The molecule has 2 saturated heterocycles. The molecule has 0 aliphatic carbocycles. The van der Waals surface area contributed by atoms with E-state index in [1.54, 1.807) is 23.8 Å². The fourth-order valence-corrected chi connectivity index (χ4v) is 4.40. The average molecular weight is 410 g/mol. The summed E-state index contributed by atoms with van der Waals surface area (Å²) in [4.78, 5) is 48.0. The molecule has 8 heteroatoms. The van der Waals surface area contributed by atoms with Crippen molar-refractivity contribution in [3.8, 4) is 0 Å². The number of carbonyl (C=O) groups is 3. The van der Waals surface area contributed by atoms with E-state index in [2.05, 4.69) is 11.8 Å². The molecule has 158 valence electrons. The lowest BCUT2D eigenvalue weighted by Crippen LogP contribution is -2.62. The minimum absolute atomic E-state index is 0.0425. The van der Waals surface area contributed by atoms with Crippen LogP contribution in [-0.2, 0) is 4.79 Å². The van der Waals surface area contributed by atoms with Crippen molar-refractivity contribution in [3.05, 3.63) is 35.9 Å². The van der Waals surface area contributed by atoms with Gasteiger partial charge in [0, 0.05) is 25.7 Å². The van der Waals surface area contributed by atoms with Crippen LogP contribution in [0.3, 0.4) is 0 Å². The SMILES string of the molecule is CC1CCCCN1CC1=[N+](CC(=O)c2ccccc2)C2C(=O)N(C)C(=O)N(C)C2=N1. The molecule has 2 atom stereocenters. The minimum Gasteiger partial charge on any atom is -0.290 e. The second-order valence-corrected chi connectivity index (χ2v) is 8.26. The summed E-state index contributed by atoms with van der Waals surface area (Å²) in [5.74, 6) is 0.658. The lowest BCUT2D eigenvalue weighted by molar-refractivity contribution is -0.523. The molecule has 4 rings (SSSR count). The van der Waals surface area contributed by atoms with Crippen molar-refractivity contribution in [1.29, 1.82) is 0 Å². The Balaban J connectivity index is 1.69. The molecular formula is C22H28N5O3+. The summed E-state index contributed by atoms with van der Waals surface area (Å²) in [7, 11) is 3.10. The van der Waals surface area contributed by atoms with E-state index in [1.165, 1.54) is 18.4 Å². The number of carbonyl (C=O) groups excluding carboxylic acids is 3. The van der Waals surface area contributed by atoms with E-state index < -0.39 is 12.1 Å². The van der Waals surface area contributed by atoms with Crippen LogP contribution in [0.15, 0.2) is 35.3 Å². The molecule has 30 heavy (non-hydrogen) atoms. The Morgan fingerprint density at radius 2 is 1.87 bits per heavy atom. The number of aliphatic imine (C=N–C) groups is 1. The highest BCUT2D eigenvalue weighted by Gasteiger charge is 2.53. The standard InChI is InChI=1S/C22H28N5O3/c1-15-9-7-8-12-26(15)14-18-23-20-19(21(29)25(3)22(30)24(20)2)27(18)13-17(28)16-10-5-4-6-11-16/h4-6,10-11,15,19H,7-9,12-14H2,1-3H3/q+1. The van der Waals surface area contributed by atoms with E-state index in [-0.39, 0.29) is 18.2 Å². The van der Waals surface area contributed by atoms with Gasteiger partial charge in [-0.3, -0.25) is 24.3 Å². The first kappa shape index (κ1) is 20.4. The number of piperidine rings is 1. The Bertz CT molecular complexity index is 939. The van der Waals surface area contributed by atoms with E-state index in [4.69, 9.17) is 4.99 Å². The zero-order chi connectivity index (χ0) is 21.4. The van der Waals surface area contributed by atoms with Gasteiger partial charge in [-0.05, 0) is 31.3 Å². The third-order valence-corrected chi connectivity index (χ3v) is 6.31. The van der Waals surface area contributed by atoms with Crippen LogP contribution in [0.4, 0.5) is 4.79 Å². The topological polar surface area (TPSA) is 76.3 Å². The van der Waals surface area contributed by atoms with Gasteiger partial charge in [0.15, 0.2) is 0 Å². The number of amides is 3. The average Bonchev–Trinajstić information content (AvgIpc) is 3.11. The van der Waals surface area contributed by atoms with Gasteiger partial charge in [0.2, 0.25) is 5.78 Å². The predicted octanol–water partition coefficient (Wildman–Crippen LogP) is 1.46. The van der Waals surface area contributed by atoms with Crippen molar-refractivity contribution >= 4 is 29.4 Å². The summed E-state index contributed by atoms with van der Waals surface area (Å²) in [5.41, 5.74) is 0.595. The van der Waals surface area contributed by atoms with E-state index in [0.717, 1.165) is 24.3 Å². The van der Waals surface area contributed by atoms with Crippen LogP contribution < -0.4 is 0 Å². The molecule has 1 aromatic rings. The highest BCUT2D eigenvalue weighted by Crippen LogP contribution is 2.22. The number of imide groups is 1. The number of rotatable bonds is 5. The number of hydrogen-bond acceptors (Lipinski definition) is 5. The first-order valence-electron chi connectivity index (χ1n) is 10.5. The molecule has 3 amide bonds. The number of Topliss-reactive ketones (excluding diaryl/α,β-unsaturated/α-hetero) is 1. The van der Waals surface area contributed by atoms with Crippen molar-refractivity contribution in [2.75, 3.05) is 33.7 Å². The fourth-order valence-electron chi connectivity index (χ4n) is 4.40. The number of hydrogen-bond donors (Lipinski definition) is 0. The van der Waals surface area contributed by atoms with Crippen LogP contribution >= 0.6 is 0 Å². The number of likely N-dealkylation sites (tertiary alicyclic amines) is 1. The van der Waals surface area contributed by atoms with Gasteiger partial charge in [-0.25, -0.2) is 9.37 Å². The second kappa shape index (κ2) is 8.10. The molecule has 3 aliphatic rings. The number of nitrogens with zero attached hydrogens (tertiary/aromatic N) is 5. The van der Waals surface area contributed by atoms with Crippen molar-refractivity contribution in [2.24, 2.45) is 4.99 Å². The molecule has 1 aromatic carbocycles. The van der Waals surface area contributed by atoms with E-state index >= 15 is 0 Å². The smallest absolute Gasteiger partial charge is 0.290 e. The Labute approximate surface area is 176 Å². The summed E-state index contributed by atoms with van der Waals surface area (Å²) >= 11 is 0. The van der Waals surface area contributed by atoms with Gasteiger partial charge in [0.25, 0.3) is 17.8 Å². The monoisotopic (exact) mass is 410 g/mol. The van der Waals surface area contributed by atoms with Crippen LogP contribution in [0.25, 0.3) is 0 Å². The maximum absolute atomic E-state index is 13.0. The Morgan fingerprint density at radius 3 is 2.57 bits per heavy atom. The number of likely N-dealkylation sites (N-methyl/N-ethyl adjacent to an activating group) is 2. The molecule has 0 saturated carbocycles. The molecule has 3 heterocycles. The van der Waals surface area contributed by atoms with Crippen LogP contribution in [0.1, 0.15) is 36.5 Å². The molecule has 0 N–H and O–H groups in total. The highest BCUT2D eigenvalue weighted by atomic mass is 16.2.